The Morgan fingerprint density at radius 3 is 2.15 bits per heavy atom. The molecular formula is C18H20Br4O4. The Hall–Kier alpha value is 1.24. The van der Waals surface area contributed by atoms with Crippen LogP contribution >= 0.6 is 63.7 Å². The number of allylic oxidation sites excluding steroid dienone is 1. The lowest BCUT2D eigenvalue weighted by Crippen LogP contribution is -2.67. The summed E-state index contributed by atoms with van der Waals surface area (Å²) >= 11 is 15.6. The van der Waals surface area contributed by atoms with E-state index in [0.717, 1.165) is 13.4 Å². The van der Waals surface area contributed by atoms with Gasteiger partial charge in [-0.25, -0.2) is 0 Å². The van der Waals surface area contributed by atoms with Crippen LogP contribution in [0.2, 0.25) is 0 Å². The number of fused-ring (bicyclic) bond motifs is 1. The van der Waals surface area contributed by atoms with Crippen molar-refractivity contribution >= 4 is 63.7 Å². The molecule has 2 saturated heterocycles. The number of alkyl halides is 1. The van der Waals surface area contributed by atoms with Gasteiger partial charge < -0.3 is 18.9 Å². The van der Waals surface area contributed by atoms with E-state index in [1.54, 1.807) is 0 Å². The number of halogens is 4. The van der Waals surface area contributed by atoms with Crippen LogP contribution in [0.4, 0.5) is 0 Å². The van der Waals surface area contributed by atoms with Crippen molar-refractivity contribution in [1.29, 1.82) is 0 Å². The van der Waals surface area contributed by atoms with Crippen molar-refractivity contribution in [3.05, 3.63) is 19.5 Å². The zero-order valence-electron chi connectivity index (χ0n) is 14.8. The molecule has 0 radical (unpaired) electrons. The van der Waals surface area contributed by atoms with Crippen LogP contribution in [-0.2, 0) is 18.9 Å². The van der Waals surface area contributed by atoms with Crippen molar-refractivity contribution in [3.63, 3.8) is 0 Å². The van der Waals surface area contributed by atoms with Gasteiger partial charge in [-0.15, -0.1) is 0 Å². The third-order valence-electron chi connectivity index (χ3n) is 6.17. The van der Waals surface area contributed by atoms with E-state index < -0.39 is 15.9 Å². The maximum atomic E-state index is 6.41. The Balaban J connectivity index is 1.69. The lowest BCUT2D eigenvalue weighted by Gasteiger charge is -2.59. The molecule has 2 bridgehead atoms. The minimum atomic E-state index is -0.612. The fourth-order valence-corrected chi connectivity index (χ4v) is 8.99. The molecule has 0 aromatic rings. The molecule has 6 unspecified atom stereocenters. The summed E-state index contributed by atoms with van der Waals surface area (Å²) in [4.78, 5) is 0. The van der Waals surface area contributed by atoms with Gasteiger partial charge >= 0.3 is 0 Å². The summed E-state index contributed by atoms with van der Waals surface area (Å²) in [5.41, 5.74) is 0. The van der Waals surface area contributed by atoms with E-state index in [1.807, 2.05) is 27.7 Å². The molecule has 0 aromatic heterocycles. The van der Waals surface area contributed by atoms with E-state index in [-0.39, 0.29) is 42.2 Å². The smallest absolute Gasteiger partial charge is 0.164 e. The van der Waals surface area contributed by atoms with Gasteiger partial charge in [0.1, 0.15) is 12.2 Å². The summed E-state index contributed by atoms with van der Waals surface area (Å²) < 4.78 is 28.2. The van der Waals surface area contributed by atoms with Gasteiger partial charge in [-0.3, -0.25) is 0 Å². The van der Waals surface area contributed by atoms with E-state index >= 15 is 0 Å². The first kappa shape index (κ1) is 19.2. The first-order valence-corrected chi connectivity index (χ1v) is 12.0. The Morgan fingerprint density at radius 1 is 0.846 bits per heavy atom. The summed E-state index contributed by atoms with van der Waals surface area (Å²) in [6, 6.07) is 0. The molecule has 3 fully saturated rings. The summed E-state index contributed by atoms with van der Waals surface area (Å²) in [6.45, 7) is 7.93. The number of ether oxygens (including phenoxy) is 4. The maximum absolute atomic E-state index is 6.41. The highest BCUT2D eigenvalue weighted by Crippen LogP contribution is 2.68. The molecule has 0 aromatic carbocycles. The van der Waals surface area contributed by atoms with E-state index in [0.29, 0.717) is 0 Å². The topological polar surface area (TPSA) is 36.9 Å². The second kappa shape index (κ2) is 5.68. The van der Waals surface area contributed by atoms with Crippen molar-refractivity contribution < 1.29 is 18.9 Å². The SMILES string of the molecule is CC1(C)OC2C3C=C(Br)C(Br)(C2O1)C1C(Br)=C(Br)[C@H]2OC(C)(C)O[C@H]2C31. The summed E-state index contributed by atoms with van der Waals surface area (Å²) in [5.74, 6) is -0.668. The van der Waals surface area contributed by atoms with Crippen molar-refractivity contribution in [2.45, 2.75) is 68.0 Å². The second-order valence-electron chi connectivity index (χ2n) is 8.65. The maximum Gasteiger partial charge on any atom is 0.164 e. The molecule has 0 N–H and O–H groups in total. The molecule has 6 aliphatic rings. The molecule has 1 saturated carbocycles. The standard InChI is InChI=1S/C18H20Br4O4/c1-16(2)24-13-8-6-5-7(19)18(22,15-12(6)23-17(3,4)26-15)9(8)10(20)11(21)14(13)25-16/h5-6,8-9,12-15H,1-4H3/t6?,8?,9?,12?,13-,14+,15?,18?/m0/s1. The number of hydrogen-bond acceptors (Lipinski definition) is 4. The number of rotatable bonds is 0. The Labute approximate surface area is 186 Å². The van der Waals surface area contributed by atoms with E-state index in [4.69, 9.17) is 18.9 Å². The van der Waals surface area contributed by atoms with Gasteiger partial charge in [0.15, 0.2) is 11.6 Å². The quantitative estimate of drug-likeness (QED) is 0.344. The molecule has 8 heteroatoms. The third-order valence-corrected chi connectivity index (χ3v) is 11.3. The van der Waals surface area contributed by atoms with Crippen LogP contribution in [0.3, 0.4) is 0 Å². The molecule has 0 amide bonds. The molecule has 2 aliphatic heterocycles. The monoisotopic (exact) mass is 616 g/mol. The zero-order valence-corrected chi connectivity index (χ0v) is 21.1. The van der Waals surface area contributed by atoms with Crippen LogP contribution < -0.4 is 0 Å². The van der Waals surface area contributed by atoms with Crippen molar-refractivity contribution in [2.24, 2.45) is 17.8 Å². The summed E-state index contributed by atoms with van der Waals surface area (Å²) in [6.07, 6.45) is 2.03. The zero-order chi connectivity index (χ0) is 18.8. The van der Waals surface area contributed by atoms with E-state index in [9.17, 15) is 0 Å². The van der Waals surface area contributed by atoms with Crippen LogP contribution in [-0.4, -0.2) is 40.3 Å². The molecular weight excluding hydrogens is 600 g/mol. The highest BCUT2D eigenvalue weighted by atomic mass is 79.9. The minimum absolute atomic E-state index is 0.0166. The Morgan fingerprint density at radius 2 is 1.46 bits per heavy atom. The first-order valence-electron chi connectivity index (χ1n) is 8.79. The Kier molecular flexibility index (Phi) is 4.20. The third kappa shape index (κ3) is 2.36. The highest BCUT2D eigenvalue weighted by molar-refractivity contribution is 9.14. The molecule has 8 atom stereocenters. The molecule has 0 spiro atoms. The van der Waals surface area contributed by atoms with Gasteiger partial charge in [-0.2, -0.15) is 0 Å². The highest BCUT2D eigenvalue weighted by Gasteiger charge is 2.72. The van der Waals surface area contributed by atoms with Crippen LogP contribution in [0.25, 0.3) is 0 Å². The molecule has 144 valence electrons. The van der Waals surface area contributed by atoms with Gasteiger partial charge in [0, 0.05) is 31.2 Å². The first-order chi connectivity index (χ1) is 12.0. The molecule has 2 heterocycles. The average Bonchev–Trinajstić information content (AvgIpc) is 3.02. The van der Waals surface area contributed by atoms with Crippen molar-refractivity contribution in [1.82, 2.24) is 0 Å². The largest absolute Gasteiger partial charge is 0.344 e. The fraction of sp³-hybridized carbons (Fsp3) is 0.778. The molecule has 6 rings (SSSR count). The van der Waals surface area contributed by atoms with E-state index in [2.05, 4.69) is 69.8 Å². The molecule has 4 aliphatic carbocycles. The molecule has 4 nitrogen and oxygen atoms in total. The van der Waals surface area contributed by atoms with Gasteiger partial charge in [0.05, 0.1) is 16.5 Å². The average molecular weight is 620 g/mol. The predicted octanol–water partition coefficient (Wildman–Crippen LogP) is 5.33. The predicted molar refractivity (Wildman–Crippen MR) is 112 cm³/mol. The van der Waals surface area contributed by atoms with Crippen LogP contribution in [0.5, 0.6) is 0 Å². The van der Waals surface area contributed by atoms with Gasteiger partial charge in [-0.1, -0.05) is 69.8 Å². The fourth-order valence-electron chi connectivity index (χ4n) is 5.39. The lowest BCUT2D eigenvalue weighted by atomic mass is 9.56. The van der Waals surface area contributed by atoms with Crippen molar-refractivity contribution in [3.8, 4) is 0 Å². The van der Waals surface area contributed by atoms with Crippen LogP contribution in [0.15, 0.2) is 19.5 Å². The Bertz CT molecular complexity index is 747. The van der Waals surface area contributed by atoms with E-state index in [1.165, 1.54) is 0 Å². The minimum Gasteiger partial charge on any atom is -0.344 e. The molecule has 26 heavy (non-hydrogen) atoms. The van der Waals surface area contributed by atoms with Crippen molar-refractivity contribution in [2.75, 3.05) is 0 Å². The summed E-state index contributed by atoms with van der Waals surface area (Å²) in [7, 11) is 0. The lowest BCUT2D eigenvalue weighted by molar-refractivity contribution is -0.160. The van der Waals surface area contributed by atoms with Gasteiger partial charge in [0.25, 0.3) is 0 Å². The van der Waals surface area contributed by atoms with Crippen LogP contribution in [0.1, 0.15) is 27.7 Å². The normalized spacial score (nSPS) is 53.2. The number of hydrogen-bond donors (Lipinski definition) is 0. The van der Waals surface area contributed by atoms with Crippen LogP contribution in [0, 0.1) is 17.8 Å². The van der Waals surface area contributed by atoms with Gasteiger partial charge in [-0.05, 0) is 27.7 Å². The summed E-state index contributed by atoms with van der Waals surface area (Å²) in [5, 5.41) is 0. The van der Waals surface area contributed by atoms with Gasteiger partial charge in [0.2, 0.25) is 0 Å². The second-order valence-corrected chi connectivity index (χ2v) is 12.5.